The lowest BCUT2D eigenvalue weighted by Crippen LogP contribution is -2.50. The zero-order valence-corrected chi connectivity index (χ0v) is 12.5. The predicted molar refractivity (Wildman–Crippen MR) is 75.7 cm³/mol. The van der Waals surface area contributed by atoms with Gasteiger partial charge in [-0.25, -0.2) is 0 Å². The molecule has 2 rings (SSSR count). The molecule has 1 fully saturated rings. The molecule has 2 N–H and O–H groups in total. The minimum absolute atomic E-state index is 0.0335. The molecule has 5 heteroatoms. The third-order valence-corrected chi connectivity index (χ3v) is 4.41. The van der Waals surface area contributed by atoms with Crippen LogP contribution < -0.4 is 5.32 Å². The van der Waals surface area contributed by atoms with E-state index in [2.05, 4.69) is 45.2 Å². The van der Waals surface area contributed by atoms with Gasteiger partial charge in [0.05, 0.1) is 0 Å². The van der Waals surface area contributed by atoms with E-state index in [4.69, 9.17) is 0 Å². The summed E-state index contributed by atoms with van der Waals surface area (Å²) < 4.78 is 0.899. The molecule has 0 aliphatic heterocycles. The average molecular weight is 314 g/mol. The van der Waals surface area contributed by atoms with Gasteiger partial charge in [0.1, 0.15) is 5.69 Å². The molecule has 0 aromatic carbocycles. The zero-order chi connectivity index (χ0) is 13.2. The highest BCUT2D eigenvalue weighted by Gasteiger charge is 2.36. The summed E-state index contributed by atoms with van der Waals surface area (Å²) in [4.78, 5) is 17.2. The first-order valence-corrected chi connectivity index (χ1v) is 7.12. The summed E-state index contributed by atoms with van der Waals surface area (Å²) in [5.74, 6) is -0.0335. The lowest BCUT2D eigenvalue weighted by atomic mass is 9.96. The van der Waals surface area contributed by atoms with Crippen LogP contribution in [-0.4, -0.2) is 42.0 Å². The molecule has 18 heavy (non-hydrogen) atoms. The number of nitrogens with one attached hydrogen (secondary N) is 2. The Bertz CT molecular complexity index is 422. The third kappa shape index (κ3) is 2.78. The molecule has 1 amide bonds. The van der Waals surface area contributed by atoms with Crippen LogP contribution in [0.25, 0.3) is 0 Å². The number of nitrogens with zero attached hydrogens (tertiary/aromatic N) is 1. The Balaban J connectivity index is 1.96. The van der Waals surface area contributed by atoms with Crippen molar-refractivity contribution in [3.05, 3.63) is 22.4 Å². The van der Waals surface area contributed by atoms with Crippen molar-refractivity contribution >= 4 is 21.8 Å². The molecular weight excluding hydrogens is 294 g/mol. The molecule has 4 nitrogen and oxygen atoms in total. The molecule has 100 valence electrons. The molecule has 1 aromatic rings. The minimum atomic E-state index is -0.0335. The van der Waals surface area contributed by atoms with Crippen LogP contribution in [0.2, 0.25) is 0 Å². The first-order chi connectivity index (χ1) is 8.53. The second kappa shape index (κ2) is 5.45. The van der Waals surface area contributed by atoms with Crippen LogP contribution in [-0.2, 0) is 0 Å². The lowest BCUT2D eigenvalue weighted by Gasteiger charge is -2.36. The standard InChI is InChI=1S/C13H20BrN3O/c1-17(2)13(5-3-4-6-13)9-16-12(18)11-7-10(14)8-15-11/h7-8,15H,3-6,9H2,1-2H3,(H,16,18). The van der Waals surface area contributed by atoms with Crippen LogP contribution in [0.4, 0.5) is 0 Å². The number of carbonyl (C=O) groups is 1. The Morgan fingerprint density at radius 1 is 1.50 bits per heavy atom. The van der Waals surface area contributed by atoms with E-state index >= 15 is 0 Å². The first kappa shape index (κ1) is 13.6. The van der Waals surface area contributed by atoms with E-state index in [0.717, 1.165) is 23.9 Å². The Morgan fingerprint density at radius 3 is 2.67 bits per heavy atom. The van der Waals surface area contributed by atoms with Crippen LogP contribution >= 0.6 is 15.9 Å². The SMILES string of the molecule is CN(C)C1(CNC(=O)c2cc(Br)c[nH]2)CCCC1. The molecule has 1 saturated carbocycles. The second-order valence-corrected chi connectivity index (χ2v) is 6.16. The van der Waals surface area contributed by atoms with Crippen molar-refractivity contribution in [1.82, 2.24) is 15.2 Å². The number of likely N-dealkylation sites (N-methyl/N-ethyl adjacent to an activating group) is 1. The fourth-order valence-corrected chi connectivity index (χ4v) is 3.00. The van der Waals surface area contributed by atoms with Crippen molar-refractivity contribution in [1.29, 1.82) is 0 Å². The Labute approximate surface area is 116 Å². The third-order valence-electron chi connectivity index (χ3n) is 3.95. The predicted octanol–water partition coefficient (Wildman–Crippen LogP) is 2.38. The Morgan fingerprint density at radius 2 is 2.17 bits per heavy atom. The molecule has 1 aliphatic carbocycles. The largest absolute Gasteiger partial charge is 0.356 e. The van der Waals surface area contributed by atoms with E-state index in [1.165, 1.54) is 12.8 Å². The van der Waals surface area contributed by atoms with E-state index in [9.17, 15) is 4.79 Å². The highest BCUT2D eigenvalue weighted by molar-refractivity contribution is 9.10. The van der Waals surface area contributed by atoms with Gasteiger partial charge in [-0.1, -0.05) is 12.8 Å². The van der Waals surface area contributed by atoms with Gasteiger partial charge in [-0.3, -0.25) is 4.79 Å². The normalized spacial score (nSPS) is 18.2. The van der Waals surface area contributed by atoms with Gasteiger partial charge in [0.25, 0.3) is 5.91 Å². The van der Waals surface area contributed by atoms with E-state index in [-0.39, 0.29) is 11.4 Å². The molecule has 0 bridgehead atoms. The summed E-state index contributed by atoms with van der Waals surface area (Å²) >= 11 is 3.33. The number of hydrogen-bond donors (Lipinski definition) is 2. The maximum absolute atomic E-state index is 12.0. The molecule has 1 heterocycles. The van der Waals surface area contributed by atoms with Crippen molar-refractivity contribution in [3.8, 4) is 0 Å². The highest BCUT2D eigenvalue weighted by Crippen LogP contribution is 2.33. The van der Waals surface area contributed by atoms with Gasteiger partial charge in [-0.05, 0) is 48.9 Å². The topological polar surface area (TPSA) is 48.1 Å². The molecule has 0 unspecified atom stereocenters. The van der Waals surface area contributed by atoms with Crippen LogP contribution in [0.15, 0.2) is 16.7 Å². The van der Waals surface area contributed by atoms with Crippen molar-refractivity contribution in [2.24, 2.45) is 0 Å². The molecule has 0 spiro atoms. The molecular formula is C13H20BrN3O. The minimum Gasteiger partial charge on any atom is -0.356 e. The highest BCUT2D eigenvalue weighted by atomic mass is 79.9. The van der Waals surface area contributed by atoms with Gasteiger partial charge in [-0.2, -0.15) is 0 Å². The summed E-state index contributed by atoms with van der Waals surface area (Å²) in [6, 6.07) is 1.80. The van der Waals surface area contributed by atoms with Gasteiger partial charge in [0, 0.05) is 22.8 Å². The second-order valence-electron chi connectivity index (χ2n) is 5.24. The van der Waals surface area contributed by atoms with Crippen molar-refractivity contribution in [3.63, 3.8) is 0 Å². The van der Waals surface area contributed by atoms with Crippen LogP contribution in [0, 0.1) is 0 Å². The number of H-pyrrole nitrogens is 1. The summed E-state index contributed by atoms with van der Waals surface area (Å²) in [6.45, 7) is 0.718. The van der Waals surface area contributed by atoms with Gasteiger partial charge in [-0.15, -0.1) is 0 Å². The van der Waals surface area contributed by atoms with Gasteiger partial charge in [0.2, 0.25) is 0 Å². The molecule has 1 aromatic heterocycles. The quantitative estimate of drug-likeness (QED) is 0.896. The number of halogens is 1. The fourth-order valence-electron chi connectivity index (χ4n) is 2.65. The maximum Gasteiger partial charge on any atom is 0.267 e. The number of carbonyl (C=O) groups excluding carboxylic acids is 1. The summed E-state index contributed by atoms with van der Waals surface area (Å²) in [7, 11) is 4.20. The first-order valence-electron chi connectivity index (χ1n) is 6.33. The molecule has 0 atom stereocenters. The van der Waals surface area contributed by atoms with Crippen molar-refractivity contribution in [2.75, 3.05) is 20.6 Å². The fraction of sp³-hybridized carbons (Fsp3) is 0.615. The van der Waals surface area contributed by atoms with Crippen molar-refractivity contribution in [2.45, 2.75) is 31.2 Å². The number of amides is 1. The molecule has 0 saturated heterocycles. The van der Waals surface area contributed by atoms with Gasteiger partial charge >= 0.3 is 0 Å². The van der Waals surface area contributed by atoms with Gasteiger partial charge < -0.3 is 15.2 Å². The van der Waals surface area contributed by atoms with E-state index < -0.39 is 0 Å². The molecule has 0 radical (unpaired) electrons. The van der Waals surface area contributed by atoms with E-state index in [1.807, 2.05) is 0 Å². The Kier molecular flexibility index (Phi) is 4.12. The average Bonchev–Trinajstić information content (AvgIpc) is 2.95. The maximum atomic E-state index is 12.0. The van der Waals surface area contributed by atoms with Crippen LogP contribution in [0.3, 0.4) is 0 Å². The molecule has 1 aliphatic rings. The monoisotopic (exact) mass is 313 g/mol. The van der Waals surface area contributed by atoms with Crippen LogP contribution in [0.5, 0.6) is 0 Å². The smallest absolute Gasteiger partial charge is 0.267 e. The lowest BCUT2D eigenvalue weighted by molar-refractivity contribution is 0.0895. The summed E-state index contributed by atoms with van der Waals surface area (Å²) in [5.41, 5.74) is 0.744. The van der Waals surface area contributed by atoms with Gasteiger partial charge in [0.15, 0.2) is 0 Å². The number of rotatable bonds is 4. The van der Waals surface area contributed by atoms with E-state index in [1.54, 1.807) is 12.3 Å². The van der Waals surface area contributed by atoms with Crippen LogP contribution in [0.1, 0.15) is 36.2 Å². The summed E-state index contributed by atoms with van der Waals surface area (Å²) in [6.07, 6.45) is 6.60. The number of aromatic amines is 1. The summed E-state index contributed by atoms with van der Waals surface area (Å²) in [5, 5.41) is 3.04. The Hall–Kier alpha value is -0.810. The zero-order valence-electron chi connectivity index (χ0n) is 10.9. The van der Waals surface area contributed by atoms with Crippen molar-refractivity contribution < 1.29 is 4.79 Å². The number of hydrogen-bond acceptors (Lipinski definition) is 2. The van der Waals surface area contributed by atoms with E-state index in [0.29, 0.717) is 5.69 Å². The number of aromatic nitrogens is 1.